The summed E-state index contributed by atoms with van der Waals surface area (Å²) in [7, 11) is 1.37. The van der Waals surface area contributed by atoms with Crippen molar-refractivity contribution in [3.8, 4) is 0 Å². The summed E-state index contributed by atoms with van der Waals surface area (Å²) in [6.07, 6.45) is -0.691. The predicted octanol–water partition coefficient (Wildman–Crippen LogP) is 1.74. The van der Waals surface area contributed by atoms with E-state index in [1.165, 1.54) is 12.0 Å². The molecule has 1 aliphatic heterocycles. The Hall–Kier alpha value is -2.08. The molecule has 0 radical (unpaired) electrons. The maximum absolute atomic E-state index is 12.0. The largest absolute Gasteiger partial charge is 0.479 e. The summed E-state index contributed by atoms with van der Waals surface area (Å²) in [4.78, 5) is 24.5. The van der Waals surface area contributed by atoms with Gasteiger partial charge in [-0.05, 0) is 12.0 Å². The van der Waals surface area contributed by atoms with Gasteiger partial charge >= 0.3 is 12.1 Å². The Bertz CT molecular complexity index is 490. The highest BCUT2D eigenvalue weighted by Crippen LogP contribution is 2.22. The third kappa shape index (κ3) is 3.95. The summed E-state index contributed by atoms with van der Waals surface area (Å²) >= 11 is 0. The zero-order valence-electron chi connectivity index (χ0n) is 11.9. The van der Waals surface area contributed by atoms with Gasteiger partial charge in [0.1, 0.15) is 6.61 Å². The minimum absolute atomic E-state index is 0.197. The standard InChI is InChI=1S/C15H19NO5/c1-20-13(14(17)18)12-7-8-16(9-12)15(19)21-10-11-5-3-2-4-6-11/h2-6,12-13H,7-10H2,1H3,(H,17,18). The number of hydrogen-bond acceptors (Lipinski definition) is 4. The van der Waals surface area contributed by atoms with E-state index in [4.69, 9.17) is 14.6 Å². The maximum Gasteiger partial charge on any atom is 0.410 e. The lowest BCUT2D eigenvalue weighted by Crippen LogP contribution is -2.35. The van der Waals surface area contributed by atoms with Crippen LogP contribution in [0.4, 0.5) is 4.79 Å². The van der Waals surface area contributed by atoms with Gasteiger partial charge in [0.2, 0.25) is 0 Å². The van der Waals surface area contributed by atoms with Crippen LogP contribution in [0, 0.1) is 5.92 Å². The lowest BCUT2D eigenvalue weighted by atomic mass is 10.0. The molecule has 1 aliphatic rings. The summed E-state index contributed by atoms with van der Waals surface area (Å²) in [5.74, 6) is -1.20. The number of carbonyl (C=O) groups excluding carboxylic acids is 1. The number of aliphatic carboxylic acids is 1. The fraction of sp³-hybridized carbons (Fsp3) is 0.467. The first-order valence-corrected chi connectivity index (χ1v) is 6.83. The molecule has 2 rings (SSSR count). The monoisotopic (exact) mass is 293 g/mol. The molecule has 1 fully saturated rings. The SMILES string of the molecule is COC(C(=O)O)C1CCN(C(=O)OCc2ccccc2)C1. The molecule has 21 heavy (non-hydrogen) atoms. The zero-order valence-corrected chi connectivity index (χ0v) is 11.9. The molecular weight excluding hydrogens is 274 g/mol. The van der Waals surface area contributed by atoms with E-state index in [0.29, 0.717) is 19.5 Å². The number of carboxylic acid groups (broad SMARTS) is 1. The Balaban J connectivity index is 1.83. The summed E-state index contributed by atoms with van der Waals surface area (Å²) in [6.45, 7) is 1.05. The Morgan fingerprint density at radius 2 is 2.10 bits per heavy atom. The molecule has 1 heterocycles. The normalized spacial score (nSPS) is 19.3. The van der Waals surface area contributed by atoms with Gasteiger partial charge < -0.3 is 19.5 Å². The highest BCUT2D eigenvalue weighted by atomic mass is 16.6. The van der Waals surface area contributed by atoms with Crippen LogP contribution in [-0.2, 0) is 20.9 Å². The van der Waals surface area contributed by atoms with Crippen LogP contribution < -0.4 is 0 Å². The van der Waals surface area contributed by atoms with Crippen LogP contribution in [0.3, 0.4) is 0 Å². The third-order valence-electron chi connectivity index (χ3n) is 3.61. The second kappa shape index (κ2) is 7.08. The average molecular weight is 293 g/mol. The fourth-order valence-corrected chi connectivity index (χ4v) is 2.51. The van der Waals surface area contributed by atoms with Crippen molar-refractivity contribution < 1.29 is 24.2 Å². The maximum atomic E-state index is 12.0. The van der Waals surface area contributed by atoms with Crippen molar-refractivity contribution in [1.82, 2.24) is 4.90 Å². The summed E-state index contributed by atoms with van der Waals surface area (Å²) in [6, 6.07) is 9.42. The van der Waals surface area contributed by atoms with E-state index >= 15 is 0 Å². The highest BCUT2D eigenvalue weighted by molar-refractivity contribution is 5.73. The van der Waals surface area contributed by atoms with Gasteiger partial charge in [0.25, 0.3) is 0 Å². The number of methoxy groups -OCH3 is 1. The number of benzene rings is 1. The van der Waals surface area contributed by atoms with Gasteiger partial charge in [0.05, 0.1) is 0 Å². The summed E-state index contributed by atoms with van der Waals surface area (Å²) < 4.78 is 10.2. The van der Waals surface area contributed by atoms with E-state index in [2.05, 4.69) is 0 Å². The fourth-order valence-electron chi connectivity index (χ4n) is 2.51. The molecule has 6 nitrogen and oxygen atoms in total. The zero-order chi connectivity index (χ0) is 15.2. The van der Waals surface area contributed by atoms with Crippen molar-refractivity contribution in [2.24, 2.45) is 5.92 Å². The molecule has 114 valence electrons. The summed E-state index contributed by atoms with van der Waals surface area (Å²) in [5.41, 5.74) is 0.918. The Morgan fingerprint density at radius 1 is 1.38 bits per heavy atom. The molecule has 6 heteroatoms. The van der Waals surface area contributed by atoms with Crippen LogP contribution >= 0.6 is 0 Å². The van der Waals surface area contributed by atoms with Crippen molar-refractivity contribution in [3.63, 3.8) is 0 Å². The van der Waals surface area contributed by atoms with E-state index in [1.807, 2.05) is 30.3 Å². The van der Waals surface area contributed by atoms with Crippen molar-refractivity contribution in [3.05, 3.63) is 35.9 Å². The quantitative estimate of drug-likeness (QED) is 0.895. The predicted molar refractivity (Wildman–Crippen MR) is 74.7 cm³/mol. The molecule has 0 saturated carbocycles. The number of ether oxygens (including phenoxy) is 2. The Morgan fingerprint density at radius 3 is 2.71 bits per heavy atom. The van der Waals surface area contributed by atoms with E-state index in [-0.39, 0.29) is 12.5 Å². The van der Waals surface area contributed by atoms with E-state index < -0.39 is 18.2 Å². The van der Waals surface area contributed by atoms with Crippen molar-refractivity contribution >= 4 is 12.1 Å². The van der Waals surface area contributed by atoms with Crippen LogP contribution in [0.15, 0.2) is 30.3 Å². The second-order valence-electron chi connectivity index (χ2n) is 5.03. The Kier molecular flexibility index (Phi) is 5.16. The van der Waals surface area contributed by atoms with Gasteiger partial charge in [-0.2, -0.15) is 0 Å². The first-order valence-electron chi connectivity index (χ1n) is 6.83. The molecule has 0 spiro atoms. The number of carboxylic acids is 1. The molecular formula is C15H19NO5. The van der Waals surface area contributed by atoms with Crippen molar-refractivity contribution in [2.75, 3.05) is 20.2 Å². The molecule has 0 aliphatic carbocycles. The van der Waals surface area contributed by atoms with Crippen LogP contribution in [-0.4, -0.2) is 48.4 Å². The smallest absolute Gasteiger partial charge is 0.410 e. The summed E-state index contributed by atoms with van der Waals surface area (Å²) in [5, 5.41) is 9.05. The second-order valence-corrected chi connectivity index (χ2v) is 5.03. The van der Waals surface area contributed by atoms with Gasteiger partial charge in [-0.25, -0.2) is 9.59 Å². The van der Waals surface area contributed by atoms with Crippen LogP contribution in [0.25, 0.3) is 0 Å². The van der Waals surface area contributed by atoms with Gasteiger partial charge in [0, 0.05) is 26.1 Å². The van der Waals surface area contributed by atoms with Crippen molar-refractivity contribution in [2.45, 2.75) is 19.1 Å². The highest BCUT2D eigenvalue weighted by Gasteiger charge is 2.36. The lowest BCUT2D eigenvalue weighted by molar-refractivity contribution is -0.151. The molecule has 2 unspecified atom stereocenters. The number of rotatable bonds is 5. The molecule has 1 N–H and O–H groups in total. The average Bonchev–Trinajstić information content (AvgIpc) is 2.96. The van der Waals surface area contributed by atoms with E-state index in [0.717, 1.165) is 5.56 Å². The minimum Gasteiger partial charge on any atom is -0.479 e. The molecule has 1 aromatic carbocycles. The molecule has 1 aromatic rings. The number of likely N-dealkylation sites (tertiary alicyclic amines) is 1. The number of amides is 1. The van der Waals surface area contributed by atoms with Crippen LogP contribution in [0.2, 0.25) is 0 Å². The number of hydrogen-bond donors (Lipinski definition) is 1. The van der Waals surface area contributed by atoms with Crippen LogP contribution in [0.5, 0.6) is 0 Å². The molecule has 2 atom stereocenters. The van der Waals surface area contributed by atoms with Gasteiger partial charge in [-0.3, -0.25) is 0 Å². The van der Waals surface area contributed by atoms with E-state index in [1.54, 1.807) is 0 Å². The van der Waals surface area contributed by atoms with Gasteiger partial charge in [-0.15, -0.1) is 0 Å². The topological polar surface area (TPSA) is 76.1 Å². The number of nitrogens with zero attached hydrogens (tertiary/aromatic N) is 1. The molecule has 0 bridgehead atoms. The van der Waals surface area contributed by atoms with Gasteiger partial charge in [0.15, 0.2) is 6.10 Å². The van der Waals surface area contributed by atoms with Crippen LogP contribution in [0.1, 0.15) is 12.0 Å². The third-order valence-corrected chi connectivity index (χ3v) is 3.61. The number of carbonyl (C=O) groups is 2. The molecule has 0 aromatic heterocycles. The van der Waals surface area contributed by atoms with E-state index in [9.17, 15) is 9.59 Å². The molecule has 1 amide bonds. The van der Waals surface area contributed by atoms with Crippen molar-refractivity contribution in [1.29, 1.82) is 0 Å². The molecule has 1 saturated heterocycles. The first kappa shape index (κ1) is 15.3. The lowest BCUT2D eigenvalue weighted by Gasteiger charge is -2.19. The minimum atomic E-state index is -0.998. The first-order chi connectivity index (χ1) is 10.1. The Labute approximate surface area is 123 Å². The van der Waals surface area contributed by atoms with Gasteiger partial charge in [-0.1, -0.05) is 30.3 Å².